The van der Waals surface area contributed by atoms with E-state index in [2.05, 4.69) is 71.2 Å². The first-order valence-corrected chi connectivity index (χ1v) is 22.8. The number of hydrogen-bond donors (Lipinski definition) is 2. The van der Waals surface area contributed by atoms with Gasteiger partial charge >= 0.3 is 0 Å². The fourth-order valence-corrected chi connectivity index (χ4v) is 12.2. The van der Waals surface area contributed by atoms with Crippen molar-refractivity contribution in [3.63, 3.8) is 0 Å². The highest BCUT2D eigenvalue weighted by Crippen LogP contribution is 2.56. The summed E-state index contributed by atoms with van der Waals surface area (Å²) in [5.41, 5.74) is 3.37. The molecule has 3 aromatic rings. The van der Waals surface area contributed by atoms with Crippen molar-refractivity contribution < 1.29 is 28.7 Å². The second-order valence-corrected chi connectivity index (χ2v) is 20.2. The molecule has 1 atom stereocenters. The number of rotatable bonds is 8. The summed E-state index contributed by atoms with van der Waals surface area (Å²) < 4.78 is 6.40. The monoisotopic (exact) mass is 873 g/mol. The van der Waals surface area contributed by atoms with Crippen LogP contribution in [-0.2, 0) is 9.59 Å². The Morgan fingerprint density at radius 1 is 0.778 bits per heavy atom. The maximum Gasteiger partial charge on any atom is 0.262 e. The van der Waals surface area contributed by atoms with Gasteiger partial charge in [-0.05, 0) is 105 Å². The van der Waals surface area contributed by atoms with Crippen molar-refractivity contribution in [1.82, 2.24) is 20.4 Å². The smallest absolute Gasteiger partial charge is 0.262 e. The number of amides is 5. The average molecular weight is 874 g/mol. The third-order valence-corrected chi connectivity index (χ3v) is 15.7. The van der Waals surface area contributed by atoms with Gasteiger partial charge in [-0.2, -0.15) is 5.26 Å². The van der Waals surface area contributed by atoms with Gasteiger partial charge < -0.3 is 19.9 Å². The third kappa shape index (κ3) is 7.73. The molecule has 2 N–H and O–H groups in total. The van der Waals surface area contributed by atoms with E-state index < -0.39 is 23.8 Å². The number of carbonyl (C=O) groups excluding carboxylic acids is 5. The van der Waals surface area contributed by atoms with Crippen LogP contribution in [0, 0.1) is 27.6 Å². The Kier molecular flexibility index (Phi) is 11.1. The molecule has 63 heavy (non-hydrogen) atoms. The predicted octanol–water partition coefficient (Wildman–Crippen LogP) is 6.58. The molecule has 1 spiro atoms. The summed E-state index contributed by atoms with van der Waals surface area (Å²) in [6, 6.07) is 20.1. The number of nitrogens with zero attached hydrogens (tertiary/aromatic N) is 5. The second kappa shape index (κ2) is 16.3. The van der Waals surface area contributed by atoms with E-state index in [0.29, 0.717) is 44.5 Å². The van der Waals surface area contributed by atoms with Gasteiger partial charge in [-0.1, -0.05) is 39.3 Å². The maximum absolute atomic E-state index is 13.6. The van der Waals surface area contributed by atoms with Crippen LogP contribution in [0.4, 0.5) is 11.4 Å². The fourth-order valence-electron chi connectivity index (χ4n) is 12.0. The Morgan fingerprint density at radius 3 is 2.05 bits per heavy atom. The molecule has 2 aliphatic carbocycles. The summed E-state index contributed by atoms with van der Waals surface area (Å²) in [5, 5.41) is 15.2. The molecule has 13 nitrogen and oxygen atoms in total. The fraction of sp³-hybridized carbons (Fsp3) is 0.510. The third-order valence-electron chi connectivity index (χ3n) is 15.4. The zero-order valence-corrected chi connectivity index (χ0v) is 37.3. The molecule has 0 aromatic heterocycles. The lowest BCUT2D eigenvalue weighted by Crippen LogP contribution is -2.74. The van der Waals surface area contributed by atoms with Crippen LogP contribution in [0.25, 0.3) is 0 Å². The number of ether oxygens (including phenoxy) is 1. The number of anilines is 2. The van der Waals surface area contributed by atoms with Gasteiger partial charge in [0.05, 0.1) is 21.7 Å². The molecule has 14 heteroatoms. The number of hydrogen-bond acceptors (Lipinski definition) is 10. The van der Waals surface area contributed by atoms with Gasteiger partial charge in [-0.25, -0.2) is 0 Å². The summed E-state index contributed by atoms with van der Waals surface area (Å²) in [6.45, 7) is 14.1. The molecule has 330 valence electrons. The molecule has 1 unspecified atom stereocenters. The second-order valence-electron chi connectivity index (χ2n) is 19.8. The molecule has 5 fully saturated rings. The van der Waals surface area contributed by atoms with Crippen LogP contribution in [0.15, 0.2) is 60.7 Å². The van der Waals surface area contributed by atoms with Gasteiger partial charge in [0.15, 0.2) is 0 Å². The number of nitrogens with one attached hydrogen (secondary N) is 2. The lowest BCUT2D eigenvalue weighted by molar-refractivity contribution is -0.164. The molecular weight excluding hydrogens is 818 g/mol. The van der Waals surface area contributed by atoms with Crippen molar-refractivity contribution in [2.75, 3.05) is 49.1 Å². The number of carbonyl (C=O) groups is 5. The van der Waals surface area contributed by atoms with Crippen molar-refractivity contribution in [1.29, 1.82) is 5.26 Å². The SMILES string of the molecule is CC1(C)[C@H](NC(=O)c2ccc(N3CCN(C4CCC5(CC4)CCN(c4ccc6c(c4)C(=O)N(C4CCC(=O)NC4=O)C6=O)CC5)CC3)cc2)C(C)(C)[C@H]1Oc1ccc(C#N)c(Cl)c1. The van der Waals surface area contributed by atoms with Gasteiger partial charge in [0.1, 0.15) is 24.0 Å². The van der Waals surface area contributed by atoms with E-state index >= 15 is 0 Å². The van der Waals surface area contributed by atoms with Crippen molar-refractivity contribution in [3.05, 3.63) is 87.9 Å². The van der Waals surface area contributed by atoms with E-state index in [4.69, 9.17) is 16.3 Å². The van der Waals surface area contributed by atoms with Gasteiger partial charge in [0.2, 0.25) is 11.8 Å². The van der Waals surface area contributed by atoms with E-state index in [1.54, 1.807) is 24.3 Å². The van der Waals surface area contributed by atoms with Crippen molar-refractivity contribution in [2.24, 2.45) is 16.2 Å². The van der Waals surface area contributed by atoms with Crippen LogP contribution in [0.2, 0.25) is 5.02 Å². The Morgan fingerprint density at radius 2 is 1.41 bits per heavy atom. The number of benzene rings is 3. The minimum absolute atomic E-state index is 0.0985. The highest BCUT2D eigenvalue weighted by molar-refractivity contribution is 6.31. The highest BCUT2D eigenvalue weighted by atomic mass is 35.5. The van der Waals surface area contributed by atoms with Gasteiger partial charge in [0, 0.05) is 91.6 Å². The zero-order chi connectivity index (χ0) is 44.4. The Hall–Kier alpha value is -5.45. The van der Waals surface area contributed by atoms with Crippen LogP contribution in [0.3, 0.4) is 0 Å². The van der Waals surface area contributed by atoms with E-state index in [1.807, 2.05) is 24.3 Å². The number of halogens is 1. The molecule has 9 rings (SSSR count). The quantitative estimate of drug-likeness (QED) is 0.238. The van der Waals surface area contributed by atoms with Gasteiger partial charge in [-0.15, -0.1) is 0 Å². The summed E-state index contributed by atoms with van der Waals surface area (Å²) in [4.78, 5) is 72.8. The lowest BCUT2D eigenvalue weighted by Gasteiger charge is -2.63. The zero-order valence-electron chi connectivity index (χ0n) is 36.5. The molecule has 6 aliphatic rings. The molecule has 0 bridgehead atoms. The molecule has 2 saturated carbocycles. The number of nitriles is 1. The summed E-state index contributed by atoms with van der Waals surface area (Å²) in [6.07, 6.45) is 7.06. The Balaban J connectivity index is 0.727. The largest absolute Gasteiger partial charge is 0.489 e. The van der Waals surface area contributed by atoms with Crippen molar-refractivity contribution in [3.8, 4) is 11.8 Å². The minimum Gasteiger partial charge on any atom is -0.489 e. The summed E-state index contributed by atoms with van der Waals surface area (Å²) in [7, 11) is 0. The molecule has 4 heterocycles. The number of fused-ring (bicyclic) bond motifs is 1. The molecule has 3 aromatic carbocycles. The minimum atomic E-state index is -0.965. The molecular formula is C49H56ClN7O6. The normalized spacial score (nSPS) is 25.6. The summed E-state index contributed by atoms with van der Waals surface area (Å²) >= 11 is 6.27. The first kappa shape index (κ1) is 42.8. The number of piperidine rings is 2. The Bertz CT molecular complexity index is 2370. The average Bonchev–Trinajstić information content (AvgIpc) is 3.52. The predicted molar refractivity (Wildman–Crippen MR) is 239 cm³/mol. The van der Waals surface area contributed by atoms with E-state index in [0.717, 1.165) is 68.4 Å². The molecule has 3 saturated heterocycles. The maximum atomic E-state index is 13.6. The van der Waals surface area contributed by atoms with E-state index in [1.165, 1.54) is 25.7 Å². The van der Waals surface area contributed by atoms with E-state index in [-0.39, 0.29) is 47.6 Å². The topological polar surface area (TPSA) is 155 Å². The first-order valence-electron chi connectivity index (χ1n) is 22.5. The van der Waals surface area contributed by atoms with Crippen LogP contribution in [0.1, 0.15) is 116 Å². The van der Waals surface area contributed by atoms with Gasteiger partial charge in [-0.3, -0.25) is 39.1 Å². The molecule has 0 radical (unpaired) electrons. The Labute approximate surface area is 374 Å². The molecule has 4 aliphatic heterocycles. The first-order chi connectivity index (χ1) is 30.1. The van der Waals surface area contributed by atoms with E-state index in [9.17, 15) is 29.2 Å². The number of piperazine rings is 1. The van der Waals surface area contributed by atoms with Gasteiger partial charge in [0.25, 0.3) is 17.7 Å². The van der Waals surface area contributed by atoms with Crippen LogP contribution < -0.4 is 25.2 Å². The van der Waals surface area contributed by atoms with Crippen molar-refractivity contribution in [2.45, 2.75) is 103 Å². The molecule has 5 amide bonds. The summed E-state index contributed by atoms with van der Waals surface area (Å²) in [5.74, 6) is -1.42. The number of imide groups is 2. The van der Waals surface area contributed by atoms with Crippen molar-refractivity contribution >= 4 is 52.5 Å². The lowest BCUT2D eigenvalue weighted by atomic mass is 9.49. The standard InChI is InChI=1S/C49H56ClN7O6/c1-47(2)45(48(3,4)46(47)63-35-11-7-31(29-51)38(50)28-35)53-41(59)30-5-8-32(9-6-30)55-23-25-56(26-24-55)33-15-17-49(18-16-33)19-21-54(22-20-49)34-10-12-36-37(27-34)44(62)57(43(36)61)39-13-14-40(58)52-42(39)60/h5-12,27-28,33,39,45-46H,13-26H2,1-4H3,(H,53,59)(H,52,58,60)/t39?,45-,46-. The van der Waals surface area contributed by atoms with Crippen LogP contribution >= 0.6 is 11.6 Å². The van der Waals surface area contributed by atoms with Crippen LogP contribution in [-0.4, -0.2) is 103 Å². The highest BCUT2D eigenvalue weighted by Gasteiger charge is 2.64. The van der Waals surface area contributed by atoms with Crippen LogP contribution in [0.5, 0.6) is 5.75 Å².